The molecule has 0 radical (unpaired) electrons. The second-order valence-corrected chi connectivity index (χ2v) is 9.49. The number of halogens is 1. The van der Waals surface area contributed by atoms with Crippen molar-refractivity contribution >= 4 is 23.4 Å². The molecule has 188 valence electrons. The molecule has 1 N–H and O–H groups in total. The van der Waals surface area contributed by atoms with Gasteiger partial charge in [-0.3, -0.25) is 19.4 Å². The van der Waals surface area contributed by atoms with E-state index in [9.17, 15) is 9.59 Å². The van der Waals surface area contributed by atoms with E-state index >= 15 is 0 Å². The van der Waals surface area contributed by atoms with Gasteiger partial charge in [0.1, 0.15) is 5.75 Å². The minimum atomic E-state index is -0.0219. The van der Waals surface area contributed by atoms with Crippen LogP contribution in [0, 0.1) is 0 Å². The quantitative estimate of drug-likeness (QED) is 0.573. The first kappa shape index (κ1) is 25.5. The Labute approximate surface area is 213 Å². The molecular weight excluding hydrogens is 464 g/mol. The number of carbonyl (C=O) groups excluding carboxylic acids is 2. The smallest absolute Gasteiger partial charge is 0.257 e. The number of amides is 2. The van der Waals surface area contributed by atoms with Gasteiger partial charge in [0.2, 0.25) is 5.91 Å². The standard InChI is InChI=1S/C27H35ClN4O3/c1-2-35-25-12-6-4-10-22(25)27(34)32-17-15-30(16-18-32)20-26(33)29-19-24(31-13-7-8-14-31)21-9-3-5-11-23(21)28/h3-6,9-12,24H,2,7-8,13-20H2,1H3,(H,29,33). The Morgan fingerprint density at radius 2 is 1.66 bits per heavy atom. The van der Waals surface area contributed by atoms with E-state index in [-0.39, 0.29) is 17.9 Å². The summed E-state index contributed by atoms with van der Waals surface area (Å²) >= 11 is 6.49. The maximum absolute atomic E-state index is 13.0. The molecule has 8 heteroatoms. The highest BCUT2D eigenvalue weighted by molar-refractivity contribution is 6.31. The molecule has 2 aliphatic heterocycles. The molecule has 2 aromatic rings. The van der Waals surface area contributed by atoms with Crippen LogP contribution in [0.5, 0.6) is 5.75 Å². The summed E-state index contributed by atoms with van der Waals surface area (Å²) in [5.41, 5.74) is 1.66. The first-order chi connectivity index (χ1) is 17.1. The lowest BCUT2D eigenvalue weighted by molar-refractivity contribution is -0.122. The van der Waals surface area contributed by atoms with Crippen LogP contribution in [0.3, 0.4) is 0 Å². The summed E-state index contributed by atoms with van der Waals surface area (Å²) in [4.78, 5) is 32.2. The minimum absolute atomic E-state index is 0.00252. The van der Waals surface area contributed by atoms with E-state index < -0.39 is 0 Å². The Bertz CT molecular complexity index is 1000. The molecule has 0 aliphatic carbocycles. The summed E-state index contributed by atoms with van der Waals surface area (Å²) in [5, 5.41) is 3.88. The molecule has 2 amide bonds. The van der Waals surface area contributed by atoms with Crippen LogP contribution in [0.1, 0.15) is 41.7 Å². The number of hydrogen-bond acceptors (Lipinski definition) is 5. The molecule has 0 bridgehead atoms. The van der Waals surface area contributed by atoms with Gasteiger partial charge in [-0.2, -0.15) is 0 Å². The van der Waals surface area contributed by atoms with Crippen LogP contribution in [-0.4, -0.2) is 85.5 Å². The van der Waals surface area contributed by atoms with Crippen molar-refractivity contribution in [2.75, 3.05) is 59.0 Å². The van der Waals surface area contributed by atoms with Crippen LogP contribution >= 0.6 is 11.6 Å². The molecule has 1 atom stereocenters. The van der Waals surface area contributed by atoms with Crippen LogP contribution in [0.25, 0.3) is 0 Å². The molecule has 35 heavy (non-hydrogen) atoms. The Balaban J connectivity index is 1.28. The highest BCUT2D eigenvalue weighted by Crippen LogP contribution is 2.29. The monoisotopic (exact) mass is 498 g/mol. The van der Waals surface area contributed by atoms with Crippen LogP contribution in [0.15, 0.2) is 48.5 Å². The molecular formula is C27H35ClN4O3. The predicted molar refractivity (Wildman–Crippen MR) is 138 cm³/mol. The average Bonchev–Trinajstić information content (AvgIpc) is 3.41. The van der Waals surface area contributed by atoms with E-state index in [1.54, 1.807) is 0 Å². The van der Waals surface area contributed by atoms with E-state index in [2.05, 4.69) is 21.2 Å². The Kier molecular flexibility index (Phi) is 9.01. The molecule has 2 heterocycles. The van der Waals surface area contributed by atoms with Crippen molar-refractivity contribution in [2.24, 2.45) is 0 Å². The third kappa shape index (κ3) is 6.54. The number of benzene rings is 2. The van der Waals surface area contributed by atoms with Crippen molar-refractivity contribution in [1.82, 2.24) is 20.0 Å². The van der Waals surface area contributed by atoms with Crippen molar-refractivity contribution in [3.8, 4) is 5.75 Å². The normalized spacial score (nSPS) is 17.8. The van der Waals surface area contributed by atoms with Crippen molar-refractivity contribution < 1.29 is 14.3 Å². The van der Waals surface area contributed by atoms with Gasteiger partial charge in [0.25, 0.3) is 5.91 Å². The lowest BCUT2D eigenvalue weighted by Crippen LogP contribution is -2.51. The van der Waals surface area contributed by atoms with E-state index in [1.165, 1.54) is 12.8 Å². The van der Waals surface area contributed by atoms with Gasteiger partial charge < -0.3 is 15.0 Å². The summed E-state index contributed by atoms with van der Waals surface area (Å²) in [7, 11) is 0. The Morgan fingerprint density at radius 3 is 2.37 bits per heavy atom. The number of para-hydroxylation sites is 1. The topological polar surface area (TPSA) is 65.1 Å². The summed E-state index contributed by atoms with van der Waals surface area (Å²) in [5.74, 6) is 0.599. The maximum Gasteiger partial charge on any atom is 0.257 e. The molecule has 4 rings (SSSR count). The summed E-state index contributed by atoms with van der Waals surface area (Å²) < 4.78 is 5.62. The lowest BCUT2D eigenvalue weighted by Gasteiger charge is -2.35. The number of piperazine rings is 1. The summed E-state index contributed by atoms with van der Waals surface area (Å²) in [6.07, 6.45) is 2.35. The minimum Gasteiger partial charge on any atom is -0.493 e. The third-order valence-electron chi connectivity index (χ3n) is 6.78. The largest absolute Gasteiger partial charge is 0.493 e. The zero-order chi connectivity index (χ0) is 24.6. The van der Waals surface area contributed by atoms with E-state index in [0.717, 1.165) is 23.7 Å². The van der Waals surface area contributed by atoms with Gasteiger partial charge in [-0.25, -0.2) is 0 Å². The molecule has 2 fully saturated rings. The van der Waals surface area contributed by atoms with E-state index in [0.29, 0.717) is 57.2 Å². The molecule has 2 saturated heterocycles. The number of carbonyl (C=O) groups is 2. The van der Waals surface area contributed by atoms with E-state index in [4.69, 9.17) is 16.3 Å². The first-order valence-electron chi connectivity index (χ1n) is 12.6. The SMILES string of the molecule is CCOc1ccccc1C(=O)N1CCN(CC(=O)NCC(c2ccccc2Cl)N2CCCC2)CC1. The second kappa shape index (κ2) is 12.4. The molecule has 2 aromatic carbocycles. The highest BCUT2D eigenvalue weighted by atomic mass is 35.5. The number of nitrogens with one attached hydrogen (secondary N) is 1. The fraction of sp³-hybridized carbons (Fsp3) is 0.481. The van der Waals surface area contributed by atoms with Crippen LogP contribution in [-0.2, 0) is 4.79 Å². The van der Waals surface area contributed by atoms with Gasteiger partial charge in [0.15, 0.2) is 0 Å². The number of hydrogen-bond donors (Lipinski definition) is 1. The van der Waals surface area contributed by atoms with Gasteiger partial charge in [-0.15, -0.1) is 0 Å². The highest BCUT2D eigenvalue weighted by Gasteiger charge is 2.27. The van der Waals surface area contributed by atoms with Crippen molar-refractivity contribution in [1.29, 1.82) is 0 Å². The molecule has 0 saturated carbocycles. The second-order valence-electron chi connectivity index (χ2n) is 9.08. The summed E-state index contributed by atoms with van der Waals surface area (Å²) in [6, 6.07) is 15.3. The third-order valence-corrected chi connectivity index (χ3v) is 7.13. The van der Waals surface area contributed by atoms with Gasteiger partial charge in [0, 0.05) is 37.7 Å². The molecule has 7 nitrogen and oxygen atoms in total. The van der Waals surface area contributed by atoms with Gasteiger partial charge in [0.05, 0.1) is 24.8 Å². The zero-order valence-corrected chi connectivity index (χ0v) is 21.2. The Hall–Kier alpha value is -2.61. The van der Waals surface area contributed by atoms with Crippen molar-refractivity contribution in [3.63, 3.8) is 0 Å². The van der Waals surface area contributed by atoms with Crippen LogP contribution in [0.4, 0.5) is 0 Å². The Morgan fingerprint density at radius 1 is 0.971 bits per heavy atom. The van der Waals surface area contributed by atoms with Crippen molar-refractivity contribution in [2.45, 2.75) is 25.8 Å². The molecule has 1 unspecified atom stereocenters. The zero-order valence-electron chi connectivity index (χ0n) is 20.4. The predicted octanol–water partition coefficient (Wildman–Crippen LogP) is 3.45. The van der Waals surface area contributed by atoms with Crippen molar-refractivity contribution in [3.05, 3.63) is 64.7 Å². The van der Waals surface area contributed by atoms with Gasteiger partial charge in [-0.1, -0.05) is 41.9 Å². The number of ether oxygens (including phenoxy) is 1. The average molecular weight is 499 g/mol. The summed E-state index contributed by atoms with van der Waals surface area (Å²) in [6.45, 7) is 7.83. The lowest BCUT2D eigenvalue weighted by atomic mass is 10.1. The van der Waals surface area contributed by atoms with Crippen LogP contribution in [0.2, 0.25) is 5.02 Å². The molecule has 2 aliphatic rings. The van der Waals surface area contributed by atoms with Crippen LogP contribution < -0.4 is 10.1 Å². The van der Waals surface area contributed by atoms with Gasteiger partial charge in [-0.05, 0) is 56.6 Å². The number of rotatable bonds is 9. The fourth-order valence-corrected chi connectivity index (χ4v) is 5.17. The number of nitrogens with zero attached hydrogens (tertiary/aromatic N) is 3. The van der Waals surface area contributed by atoms with Gasteiger partial charge >= 0.3 is 0 Å². The molecule has 0 spiro atoms. The maximum atomic E-state index is 13.0. The number of likely N-dealkylation sites (tertiary alicyclic amines) is 1. The fourth-order valence-electron chi connectivity index (χ4n) is 4.91. The first-order valence-corrected chi connectivity index (χ1v) is 12.9. The molecule has 0 aromatic heterocycles. The van der Waals surface area contributed by atoms with E-state index in [1.807, 2.05) is 54.3 Å².